The van der Waals surface area contributed by atoms with Crippen LogP contribution in [-0.2, 0) is 4.79 Å². The minimum Gasteiger partial charge on any atom is -0.325 e. The number of aryl methyl sites for hydroxylation is 1. The number of carbonyl (C=O) groups excluding carboxylic acids is 1. The highest BCUT2D eigenvalue weighted by molar-refractivity contribution is 14.1. The van der Waals surface area contributed by atoms with Gasteiger partial charge in [-0.05, 0) is 66.6 Å². The number of rotatable bonds is 5. The molecule has 17 heavy (non-hydrogen) atoms. The third-order valence-electron chi connectivity index (χ3n) is 2.69. The summed E-state index contributed by atoms with van der Waals surface area (Å²) in [7, 11) is 0. The van der Waals surface area contributed by atoms with Crippen molar-refractivity contribution < 1.29 is 4.79 Å². The van der Waals surface area contributed by atoms with Gasteiger partial charge in [-0.3, -0.25) is 4.79 Å². The van der Waals surface area contributed by atoms with Gasteiger partial charge in [0.05, 0.1) is 6.54 Å². The van der Waals surface area contributed by atoms with Crippen molar-refractivity contribution in [3.8, 4) is 0 Å². The average molecular weight is 346 g/mol. The third kappa shape index (κ3) is 5.04. The number of anilines is 1. The van der Waals surface area contributed by atoms with Crippen LogP contribution in [0.25, 0.3) is 0 Å². The molecule has 0 fully saturated rings. The van der Waals surface area contributed by atoms with Crippen molar-refractivity contribution in [3.05, 3.63) is 27.3 Å². The van der Waals surface area contributed by atoms with Gasteiger partial charge in [-0.15, -0.1) is 0 Å². The van der Waals surface area contributed by atoms with Gasteiger partial charge in [0, 0.05) is 15.3 Å². The summed E-state index contributed by atoms with van der Waals surface area (Å²) in [6.45, 7) is 6.53. The van der Waals surface area contributed by atoms with Gasteiger partial charge in [-0.2, -0.15) is 0 Å². The maximum Gasteiger partial charge on any atom is 0.238 e. The molecule has 3 nitrogen and oxygen atoms in total. The van der Waals surface area contributed by atoms with Gasteiger partial charge >= 0.3 is 0 Å². The number of hydrogen-bond acceptors (Lipinski definition) is 2. The first-order valence-electron chi connectivity index (χ1n) is 5.82. The van der Waals surface area contributed by atoms with Crippen LogP contribution in [0.15, 0.2) is 18.2 Å². The van der Waals surface area contributed by atoms with Gasteiger partial charge in [0.2, 0.25) is 5.91 Å². The molecule has 0 aliphatic rings. The smallest absolute Gasteiger partial charge is 0.238 e. The Balaban J connectivity index is 2.50. The first-order valence-corrected chi connectivity index (χ1v) is 6.90. The van der Waals surface area contributed by atoms with E-state index in [9.17, 15) is 4.79 Å². The zero-order valence-corrected chi connectivity index (χ0v) is 12.7. The summed E-state index contributed by atoms with van der Waals surface area (Å²) in [5, 5.41) is 6.08. The quantitative estimate of drug-likeness (QED) is 0.805. The summed E-state index contributed by atoms with van der Waals surface area (Å²) in [4.78, 5) is 11.7. The second-order valence-electron chi connectivity index (χ2n) is 4.20. The molecule has 1 amide bonds. The van der Waals surface area contributed by atoms with E-state index < -0.39 is 0 Å². The number of hydrogen-bond donors (Lipinski definition) is 2. The largest absolute Gasteiger partial charge is 0.325 e. The molecule has 2 N–H and O–H groups in total. The van der Waals surface area contributed by atoms with Crippen LogP contribution in [0, 0.1) is 10.5 Å². The Bertz CT molecular complexity index is 393. The molecule has 0 heterocycles. The van der Waals surface area contributed by atoms with Gasteiger partial charge in [-0.25, -0.2) is 0 Å². The van der Waals surface area contributed by atoms with Crippen molar-refractivity contribution in [2.24, 2.45) is 0 Å². The standard InChI is InChI=1S/C13H19IN2O/c1-4-10(3)15-8-13(17)16-12-6-5-11(14)7-9(12)2/h5-7,10,15H,4,8H2,1-3H3,(H,16,17). The zero-order chi connectivity index (χ0) is 12.8. The number of halogens is 1. The Kier molecular flexibility index (Phi) is 5.91. The zero-order valence-electron chi connectivity index (χ0n) is 10.5. The highest BCUT2D eigenvalue weighted by atomic mass is 127. The van der Waals surface area contributed by atoms with Crippen LogP contribution < -0.4 is 10.6 Å². The molecule has 1 aromatic rings. The number of nitrogens with one attached hydrogen (secondary N) is 2. The van der Waals surface area contributed by atoms with Crippen LogP contribution in [0.1, 0.15) is 25.8 Å². The fourth-order valence-corrected chi connectivity index (χ4v) is 2.02. The lowest BCUT2D eigenvalue weighted by Gasteiger charge is -2.12. The highest BCUT2D eigenvalue weighted by Gasteiger charge is 2.06. The summed E-state index contributed by atoms with van der Waals surface area (Å²) in [6.07, 6.45) is 1.02. The Morgan fingerprint density at radius 1 is 1.47 bits per heavy atom. The van der Waals surface area contributed by atoms with Crippen molar-refractivity contribution >= 4 is 34.2 Å². The molecule has 1 aromatic carbocycles. The summed E-state index contributed by atoms with van der Waals surface area (Å²) >= 11 is 2.26. The maximum atomic E-state index is 11.7. The van der Waals surface area contributed by atoms with Crippen LogP contribution in [0.5, 0.6) is 0 Å². The van der Waals surface area contributed by atoms with Crippen molar-refractivity contribution in [2.45, 2.75) is 33.2 Å². The molecule has 4 heteroatoms. The highest BCUT2D eigenvalue weighted by Crippen LogP contribution is 2.17. The number of benzene rings is 1. The normalized spacial score (nSPS) is 12.2. The van der Waals surface area contributed by atoms with E-state index >= 15 is 0 Å². The van der Waals surface area contributed by atoms with Crippen LogP contribution in [0.4, 0.5) is 5.69 Å². The molecule has 0 spiro atoms. The summed E-state index contributed by atoms with van der Waals surface area (Å²) < 4.78 is 1.18. The van der Waals surface area contributed by atoms with E-state index in [4.69, 9.17) is 0 Å². The fourth-order valence-electron chi connectivity index (χ4n) is 1.37. The van der Waals surface area contributed by atoms with Crippen LogP contribution in [0.3, 0.4) is 0 Å². The summed E-state index contributed by atoms with van der Waals surface area (Å²) in [5.41, 5.74) is 1.98. The lowest BCUT2D eigenvalue weighted by Crippen LogP contribution is -2.34. The molecular formula is C13H19IN2O. The molecule has 0 aliphatic carbocycles. The monoisotopic (exact) mass is 346 g/mol. The van der Waals surface area contributed by atoms with E-state index in [2.05, 4.69) is 53.1 Å². The number of amides is 1. The predicted octanol–water partition coefficient (Wildman–Crippen LogP) is 2.93. The van der Waals surface area contributed by atoms with Gasteiger partial charge in [0.25, 0.3) is 0 Å². The number of carbonyl (C=O) groups is 1. The van der Waals surface area contributed by atoms with Crippen LogP contribution in [0.2, 0.25) is 0 Å². The molecule has 0 saturated heterocycles. The topological polar surface area (TPSA) is 41.1 Å². The Hall–Kier alpha value is -0.620. The van der Waals surface area contributed by atoms with E-state index in [-0.39, 0.29) is 5.91 Å². The first-order chi connectivity index (χ1) is 8.02. The summed E-state index contributed by atoms with van der Waals surface area (Å²) in [5.74, 6) is 0.00890. The Morgan fingerprint density at radius 3 is 2.76 bits per heavy atom. The molecule has 0 aliphatic heterocycles. The lowest BCUT2D eigenvalue weighted by atomic mass is 10.2. The Morgan fingerprint density at radius 2 is 2.18 bits per heavy atom. The molecule has 1 atom stereocenters. The molecule has 0 aromatic heterocycles. The minimum atomic E-state index is 0.00890. The molecule has 0 bridgehead atoms. The first kappa shape index (κ1) is 14.4. The summed E-state index contributed by atoms with van der Waals surface area (Å²) in [6, 6.07) is 6.36. The SMILES string of the molecule is CCC(C)NCC(=O)Nc1ccc(I)cc1C. The van der Waals surface area contributed by atoms with E-state index in [0.29, 0.717) is 12.6 Å². The molecular weight excluding hydrogens is 327 g/mol. The lowest BCUT2D eigenvalue weighted by molar-refractivity contribution is -0.115. The Labute approximate surface area is 117 Å². The maximum absolute atomic E-state index is 11.7. The van der Waals surface area contributed by atoms with E-state index in [0.717, 1.165) is 17.7 Å². The molecule has 0 radical (unpaired) electrons. The van der Waals surface area contributed by atoms with Gasteiger partial charge in [0.1, 0.15) is 0 Å². The van der Waals surface area contributed by atoms with Crippen molar-refractivity contribution in [2.75, 3.05) is 11.9 Å². The second kappa shape index (κ2) is 6.96. The van der Waals surface area contributed by atoms with Crippen LogP contribution >= 0.6 is 22.6 Å². The fraction of sp³-hybridized carbons (Fsp3) is 0.462. The second-order valence-corrected chi connectivity index (χ2v) is 5.44. The molecule has 0 saturated carbocycles. The molecule has 1 rings (SSSR count). The van der Waals surface area contributed by atoms with Gasteiger partial charge < -0.3 is 10.6 Å². The van der Waals surface area contributed by atoms with E-state index in [1.165, 1.54) is 3.57 Å². The van der Waals surface area contributed by atoms with Gasteiger partial charge in [0.15, 0.2) is 0 Å². The van der Waals surface area contributed by atoms with Crippen molar-refractivity contribution in [3.63, 3.8) is 0 Å². The average Bonchev–Trinajstić information content (AvgIpc) is 2.29. The van der Waals surface area contributed by atoms with Crippen molar-refractivity contribution in [1.29, 1.82) is 0 Å². The molecule has 94 valence electrons. The third-order valence-corrected chi connectivity index (χ3v) is 3.36. The van der Waals surface area contributed by atoms with E-state index in [1.54, 1.807) is 0 Å². The van der Waals surface area contributed by atoms with Crippen molar-refractivity contribution in [1.82, 2.24) is 5.32 Å². The van der Waals surface area contributed by atoms with Gasteiger partial charge in [-0.1, -0.05) is 6.92 Å². The van der Waals surface area contributed by atoms with Crippen LogP contribution in [-0.4, -0.2) is 18.5 Å². The molecule has 1 unspecified atom stereocenters. The predicted molar refractivity (Wildman–Crippen MR) is 80.3 cm³/mol. The minimum absolute atomic E-state index is 0.00890. The van der Waals surface area contributed by atoms with E-state index in [1.807, 2.05) is 19.1 Å².